The highest BCUT2D eigenvalue weighted by molar-refractivity contribution is 5.75. The Morgan fingerprint density at radius 3 is 2.75 bits per heavy atom. The third-order valence-electron chi connectivity index (χ3n) is 4.68. The summed E-state index contributed by atoms with van der Waals surface area (Å²) < 4.78 is 1.84. The van der Waals surface area contributed by atoms with Crippen LogP contribution in [0.3, 0.4) is 0 Å². The van der Waals surface area contributed by atoms with Crippen LogP contribution >= 0.6 is 0 Å². The Morgan fingerprint density at radius 1 is 1.25 bits per heavy atom. The van der Waals surface area contributed by atoms with Crippen molar-refractivity contribution >= 4 is 5.91 Å². The van der Waals surface area contributed by atoms with Gasteiger partial charge in [-0.15, -0.1) is 0 Å². The van der Waals surface area contributed by atoms with Gasteiger partial charge in [0.15, 0.2) is 0 Å². The molecule has 1 aromatic heterocycles. The molecule has 0 unspecified atom stereocenters. The van der Waals surface area contributed by atoms with E-state index >= 15 is 0 Å². The topological polar surface area (TPSA) is 59.0 Å². The van der Waals surface area contributed by atoms with Crippen molar-refractivity contribution in [2.24, 2.45) is 5.92 Å². The van der Waals surface area contributed by atoms with Crippen molar-refractivity contribution in [2.75, 3.05) is 19.6 Å². The number of nitrogens with zero attached hydrogens (tertiary/aromatic N) is 2. The van der Waals surface area contributed by atoms with Crippen LogP contribution in [0.4, 0.5) is 0 Å². The molecule has 1 fully saturated rings. The summed E-state index contributed by atoms with van der Waals surface area (Å²) in [4.78, 5) is 11.9. The van der Waals surface area contributed by atoms with E-state index in [1.54, 1.807) is 6.20 Å². The van der Waals surface area contributed by atoms with Crippen molar-refractivity contribution in [3.8, 4) is 5.69 Å². The largest absolute Gasteiger partial charge is 0.356 e. The van der Waals surface area contributed by atoms with Gasteiger partial charge in [0.25, 0.3) is 0 Å². The predicted molar refractivity (Wildman–Crippen MR) is 95.1 cm³/mol. The third-order valence-corrected chi connectivity index (χ3v) is 4.68. The fourth-order valence-electron chi connectivity index (χ4n) is 3.18. The van der Waals surface area contributed by atoms with E-state index in [0.29, 0.717) is 18.9 Å². The van der Waals surface area contributed by atoms with Crippen LogP contribution < -0.4 is 10.6 Å². The smallest absolute Gasteiger partial charge is 0.220 e. The Labute approximate surface area is 143 Å². The van der Waals surface area contributed by atoms with E-state index in [0.717, 1.165) is 31.6 Å². The zero-order valence-electron chi connectivity index (χ0n) is 14.1. The second-order valence-corrected chi connectivity index (χ2v) is 6.45. The maximum atomic E-state index is 11.9. The summed E-state index contributed by atoms with van der Waals surface area (Å²) in [6.07, 6.45) is 8.64. The summed E-state index contributed by atoms with van der Waals surface area (Å²) in [6.45, 7) is 2.90. The Hall–Kier alpha value is -2.14. The first-order valence-electron chi connectivity index (χ1n) is 8.87. The number of piperidine rings is 1. The van der Waals surface area contributed by atoms with Crippen LogP contribution in [-0.4, -0.2) is 35.3 Å². The monoisotopic (exact) mass is 326 g/mol. The van der Waals surface area contributed by atoms with Crippen LogP contribution in [0.5, 0.6) is 0 Å². The van der Waals surface area contributed by atoms with Crippen molar-refractivity contribution in [3.63, 3.8) is 0 Å². The van der Waals surface area contributed by atoms with E-state index < -0.39 is 0 Å². The van der Waals surface area contributed by atoms with Gasteiger partial charge in [-0.25, -0.2) is 4.68 Å². The standard InChI is InChI=1S/C19H26N4O/c24-19(7-4-17-8-12-20-13-9-17)21-14-10-16-2-5-18(6-3-16)23-15-1-11-22-23/h1-3,5-6,11,15,17,20H,4,7-10,12-14H2,(H,21,24). The van der Waals surface area contributed by atoms with Crippen molar-refractivity contribution < 1.29 is 4.79 Å². The molecule has 5 nitrogen and oxygen atoms in total. The van der Waals surface area contributed by atoms with Gasteiger partial charge in [-0.1, -0.05) is 12.1 Å². The lowest BCUT2D eigenvalue weighted by Crippen LogP contribution is -2.30. The molecule has 0 saturated carbocycles. The Morgan fingerprint density at radius 2 is 2.04 bits per heavy atom. The van der Waals surface area contributed by atoms with E-state index in [1.807, 2.05) is 16.9 Å². The fraction of sp³-hybridized carbons (Fsp3) is 0.474. The molecule has 0 spiro atoms. The first-order chi connectivity index (χ1) is 11.8. The van der Waals surface area contributed by atoms with Crippen LogP contribution in [0.1, 0.15) is 31.2 Å². The number of hydrogen-bond donors (Lipinski definition) is 2. The van der Waals surface area contributed by atoms with E-state index in [-0.39, 0.29) is 5.91 Å². The highest BCUT2D eigenvalue weighted by atomic mass is 16.1. The molecule has 0 radical (unpaired) electrons. The number of nitrogens with one attached hydrogen (secondary N) is 2. The molecule has 3 rings (SSSR count). The molecule has 1 aliphatic heterocycles. The molecule has 128 valence electrons. The predicted octanol–water partition coefficient (Wildman–Crippen LogP) is 2.31. The Balaban J connectivity index is 1.35. The van der Waals surface area contributed by atoms with Crippen molar-refractivity contribution in [1.82, 2.24) is 20.4 Å². The summed E-state index contributed by atoms with van der Waals surface area (Å²) in [7, 11) is 0. The fourth-order valence-corrected chi connectivity index (χ4v) is 3.18. The number of hydrogen-bond acceptors (Lipinski definition) is 3. The lowest BCUT2D eigenvalue weighted by Gasteiger charge is -2.22. The van der Waals surface area contributed by atoms with Crippen LogP contribution in [-0.2, 0) is 11.2 Å². The van der Waals surface area contributed by atoms with E-state index in [2.05, 4.69) is 40.0 Å². The average Bonchev–Trinajstić information content (AvgIpc) is 3.16. The summed E-state index contributed by atoms with van der Waals surface area (Å²) in [5.74, 6) is 0.897. The van der Waals surface area contributed by atoms with Gasteiger partial charge >= 0.3 is 0 Å². The van der Waals surface area contributed by atoms with Gasteiger partial charge in [0.1, 0.15) is 0 Å². The van der Waals surface area contributed by atoms with Gasteiger partial charge in [0, 0.05) is 25.4 Å². The molecule has 2 aromatic rings. The lowest BCUT2D eigenvalue weighted by atomic mass is 9.93. The van der Waals surface area contributed by atoms with Crippen molar-refractivity contribution in [2.45, 2.75) is 32.1 Å². The number of aromatic nitrogens is 2. The van der Waals surface area contributed by atoms with Gasteiger partial charge in [0.2, 0.25) is 5.91 Å². The molecule has 1 amide bonds. The maximum Gasteiger partial charge on any atom is 0.220 e. The molecule has 0 atom stereocenters. The quantitative estimate of drug-likeness (QED) is 0.821. The second-order valence-electron chi connectivity index (χ2n) is 6.45. The Kier molecular flexibility index (Phi) is 6.01. The van der Waals surface area contributed by atoms with Gasteiger partial charge in [-0.05, 0) is 68.5 Å². The van der Waals surface area contributed by atoms with Gasteiger partial charge < -0.3 is 10.6 Å². The molecule has 24 heavy (non-hydrogen) atoms. The van der Waals surface area contributed by atoms with Crippen LogP contribution in [0.15, 0.2) is 42.7 Å². The van der Waals surface area contributed by atoms with E-state index in [9.17, 15) is 4.79 Å². The molecule has 1 aliphatic rings. The minimum absolute atomic E-state index is 0.182. The molecule has 0 bridgehead atoms. The molecular formula is C19H26N4O. The van der Waals surface area contributed by atoms with E-state index in [4.69, 9.17) is 0 Å². The van der Waals surface area contributed by atoms with Crippen LogP contribution in [0, 0.1) is 5.92 Å². The van der Waals surface area contributed by atoms with Gasteiger partial charge in [-0.3, -0.25) is 4.79 Å². The average molecular weight is 326 g/mol. The number of rotatable bonds is 7. The lowest BCUT2D eigenvalue weighted by molar-refractivity contribution is -0.121. The van der Waals surface area contributed by atoms with Gasteiger partial charge in [-0.2, -0.15) is 5.10 Å². The summed E-state index contributed by atoms with van der Waals surface area (Å²) in [5.41, 5.74) is 2.28. The molecule has 5 heteroatoms. The molecule has 1 saturated heterocycles. The highest BCUT2D eigenvalue weighted by Crippen LogP contribution is 2.17. The molecule has 2 N–H and O–H groups in total. The normalized spacial score (nSPS) is 15.3. The van der Waals surface area contributed by atoms with E-state index in [1.165, 1.54) is 18.4 Å². The number of amides is 1. The SMILES string of the molecule is O=C(CCC1CCNCC1)NCCc1ccc(-n2cccn2)cc1. The number of carbonyl (C=O) groups is 1. The zero-order valence-corrected chi connectivity index (χ0v) is 14.1. The molecule has 2 heterocycles. The number of benzene rings is 1. The summed E-state index contributed by atoms with van der Waals surface area (Å²) >= 11 is 0. The molecule has 1 aromatic carbocycles. The minimum Gasteiger partial charge on any atom is -0.356 e. The third kappa shape index (κ3) is 4.93. The highest BCUT2D eigenvalue weighted by Gasteiger charge is 2.14. The first-order valence-corrected chi connectivity index (χ1v) is 8.87. The molecule has 0 aliphatic carbocycles. The molecular weight excluding hydrogens is 300 g/mol. The summed E-state index contributed by atoms with van der Waals surface area (Å²) in [6, 6.07) is 10.2. The minimum atomic E-state index is 0.182. The second kappa shape index (κ2) is 8.64. The van der Waals surface area contributed by atoms with Crippen molar-refractivity contribution in [1.29, 1.82) is 0 Å². The first kappa shape index (κ1) is 16.7. The van der Waals surface area contributed by atoms with Crippen molar-refractivity contribution in [3.05, 3.63) is 48.3 Å². The van der Waals surface area contributed by atoms with Crippen LogP contribution in [0.25, 0.3) is 5.69 Å². The maximum absolute atomic E-state index is 11.9. The van der Waals surface area contributed by atoms with Gasteiger partial charge in [0.05, 0.1) is 5.69 Å². The van der Waals surface area contributed by atoms with Crippen LogP contribution in [0.2, 0.25) is 0 Å². The summed E-state index contributed by atoms with van der Waals surface area (Å²) in [5, 5.41) is 10.6. The number of carbonyl (C=O) groups excluding carboxylic acids is 1. The zero-order chi connectivity index (χ0) is 16.6. The Bertz CT molecular complexity index is 615.